The van der Waals surface area contributed by atoms with Gasteiger partial charge in [0.15, 0.2) is 18.3 Å². The molecule has 11 atom stereocenters. The van der Waals surface area contributed by atoms with Crippen molar-refractivity contribution in [2.24, 2.45) is 11.3 Å². The molecule has 6 N–H and O–H groups in total. The molecule has 2 fully saturated rings. The van der Waals surface area contributed by atoms with E-state index in [2.05, 4.69) is 58.1 Å². The molecule has 360 valence electrons. The average Bonchev–Trinajstić information content (AvgIpc) is 3.97. The van der Waals surface area contributed by atoms with Crippen LogP contribution in [0.2, 0.25) is 0 Å². The van der Waals surface area contributed by atoms with E-state index in [0.717, 1.165) is 52.9 Å². The fourth-order valence-electron chi connectivity index (χ4n) is 13.1. The van der Waals surface area contributed by atoms with Crippen molar-refractivity contribution >= 4 is 46.4 Å². The number of hydrogen-bond acceptors (Lipinski definition) is 15. The summed E-state index contributed by atoms with van der Waals surface area (Å²) in [5.41, 5.74) is 1.05. The molecule has 1 spiro atoms. The topological polar surface area (TPSA) is 249 Å². The molecule has 0 amide bonds. The molecule has 6 aliphatic rings. The highest BCUT2D eigenvalue weighted by atomic mass is 16.6. The first-order valence-electron chi connectivity index (χ1n) is 22.6. The molecule has 3 aromatic rings. The Balaban J connectivity index is 0.000000547. The maximum Gasteiger partial charge on any atom is 0.344 e. The van der Waals surface area contributed by atoms with Crippen LogP contribution in [0.5, 0.6) is 5.75 Å². The monoisotopic (exact) mass is 928 g/mol. The molecule has 3 unspecified atom stereocenters. The van der Waals surface area contributed by atoms with Gasteiger partial charge in [0.25, 0.3) is 0 Å². The lowest BCUT2D eigenvalue weighted by Gasteiger charge is -2.63. The molecule has 5 aliphatic heterocycles. The van der Waals surface area contributed by atoms with Crippen LogP contribution in [0.4, 0.5) is 5.69 Å². The van der Waals surface area contributed by atoms with Crippen molar-refractivity contribution in [2.75, 3.05) is 59.5 Å². The highest BCUT2D eigenvalue weighted by Gasteiger charge is 2.80. The summed E-state index contributed by atoms with van der Waals surface area (Å²) in [6.07, 6.45) is 3.14. The second-order valence-corrected chi connectivity index (χ2v) is 18.7. The Hall–Kier alpha value is -5.79. The number of rotatable bonds is 10. The van der Waals surface area contributed by atoms with E-state index in [9.17, 15) is 24.3 Å². The number of aliphatic carboxylic acids is 2. The number of aromatic amines is 1. The molecule has 1 saturated heterocycles. The number of fused-ring (bicyclic) bond motifs is 6. The predicted octanol–water partition coefficient (Wildman–Crippen LogP) is 2.63. The van der Waals surface area contributed by atoms with E-state index in [1.807, 2.05) is 37.1 Å². The highest BCUT2D eigenvalue weighted by molar-refractivity contribution is 5.95. The van der Waals surface area contributed by atoms with Crippen molar-refractivity contribution in [3.8, 4) is 5.75 Å². The van der Waals surface area contributed by atoms with Crippen LogP contribution in [-0.4, -0.2) is 161 Å². The number of H-pyrrole nitrogens is 1. The zero-order valence-electron chi connectivity index (χ0n) is 38.8. The van der Waals surface area contributed by atoms with E-state index >= 15 is 4.79 Å². The predicted molar refractivity (Wildman–Crippen MR) is 241 cm³/mol. The maximum absolute atomic E-state index is 15.2. The lowest BCUT2D eigenvalue weighted by Crippen LogP contribution is -2.81. The number of carboxylic acid groups (broad SMARTS) is 2. The van der Waals surface area contributed by atoms with E-state index in [4.69, 9.17) is 39.4 Å². The number of esters is 3. The van der Waals surface area contributed by atoms with Gasteiger partial charge in [-0.25, -0.2) is 14.4 Å². The van der Waals surface area contributed by atoms with Crippen molar-refractivity contribution in [1.82, 2.24) is 14.8 Å². The Kier molecular flexibility index (Phi) is 12.4. The molecule has 6 heterocycles. The summed E-state index contributed by atoms with van der Waals surface area (Å²) in [5, 5.41) is 46.9. The second-order valence-electron chi connectivity index (χ2n) is 18.7. The molecule has 2 bridgehead atoms. The van der Waals surface area contributed by atoms with Gasteiger partial charge in [-0.05, 0) is 61.4 Å². The standard InChI is InChI=1S/C45H54N4O8.C4H6O6/c1-8-27-19-28-22-44(40(51)55-6,36-30(25-48(23-27)24-28)29-13-10-11-14-33(29)46-36)32-20-31-34(21-35(32)54-5)47(4)38-43(31)16-18-49-17-12-15-42(9-2,37(43)49)39(57-26(3)50)45(38,53)41(52)56-7;5-1(3(7)8)2(6)4(9)10/h10-15,19-21,28,37-39,46,53H,8-9,16-18,22-25H2,1-7H3;1-2,5-6H,(H,7,8)(H,9,10)/t28-,37-,38+,39+,42+,43+,44-,45-;/m0./s1. The van der Waals surface area contributed by atoms with Gasteiger partial charge in [0.1, 0.15) is 11.2 Å². The Morgan fingerprint density at radius 1 is 0.925 bits per heavy atom. The number of aromatic nitrogens is 1. The van der Waals surface area contributed by atoms with Gasteiger partial charge in [-0.2, -0.15) is 0 Å². The largest absolute Gasteiger partial charge is 0.496 e. The number of benzene rings is 2. The van der Waals surface area contributed by atoms with Crippen molar-refractivity contribution in [3.05, 3.63) is 82.6 Å². The smallest absolute Gasteiger partial charge is 0.344 e. The zero-order chi connectivity index (χ0) is 48.5. The number of carbonyl (C=O) groups excluding carboxylic acids is 3. The number of nitrogens with one attached hydrogen (secondary N) is 1. The van der Waals surface area contributed by atoms with Crippen molar-refractivity contribution < 1.29 is 68.5 Å². The normalized spacial score (nSPS) is 32.1. The molecule has 1 aromatic heterocycles. The maximum atomic E-state index is 15.2. The summed E-state index contributed by atoms with van der Waals surface area (Å²) >= 11 is 0. The van der Waals surface area contributed by atoms with Crippen molar-refractivity contribution in [3.63, 3.8) is 0 Å². The lowest BCUT2D eigenvalue weighted by molar-refractivity contribution is -0.228. The SMILES string of the molecule is CCC1=C[C@@H]2CN(C1)Cc1c([nH]c3ccccc13)[C@@](C(=O)OC)(c1cc3c(cc1OC)N(C)[C@H]1[C@@](O)(C(=O)OC)[C@H](OC(C)=O)[C@]4(CC)C=CCN5CC[C@]31[C@@H]54)C2.O=C(O)C(O)C(O)C(=O)O. The summed E-state index contributed by atoms with van der Waals surface area (Å²) in [4.78, 5) is 72.7. The first-order chi connectivity index (χ1) is 31.8. The summed E-state index contributed by atoms with van der Waals surface area (Å²) in [6.45, 7) is 9.19. The summed E-state index contributed by atoms with van der Waals surface area (Å²) < 4.78 is 23.9. The number of aliphatic hydroxyl groups excluding tert-OH is 2. The van der Waals surface area contributed by atoms with Gasteiger partial charge in [-0.1, -0.05) is 55.8 Å². The summed E-state index contributed by atoms with van der Waals surface area (Å²) in [5.74, 6) is -4.85. The van der Waals surface area contributed by atoms with Crippen LogP contribution in [0.15, 0.2) is 60.2 Å². The molecule has 18 heteroatoms. The zero-order valence-corrected chi connectivity index (χ0v) is 38.8. The molecule has 1 saturated carbocycles. The van der Waals surface area contributed by atoms with E-state index in [0.29, 0.717) is 50.2 Å². The molecule has 1 aliphatic carbocycles. The van der Waals surface area contributed by atoms with E-state index in [1.54, 1.807) is 7.11 Å². The number of aliphatic hydroxyl groups is 3. The number of carbonyl (C=O) groups is 5. The summed E-state index contributed by atoms with van der Waals surface area (Å²) in [6, 6.07) is 11.2. The van der Waals surface area contributed by atoms with Gasteiger partial charge >= 0.3 is 29.8 Å². The van der Waals surface area contributed by atoms with Gasteiger partial charge in [0.05, 0.1) is 27.4 Å². The van der Waals surface area contributed by atoms with Crippen LogP contribution in [0.3, 0.4) is 0 Å². The van der Waals surface area contributed by atoms with E-state index < -0.39 is 70.1 Å². The van der Waals surface area contributed by atoms with E-state index in [1.165, 1.54) is 26.7 Å². The van der Waals surface area contributed by atoms with Crippen LogP contribution < -0.4 is 9.64 Å². The highest BCUT2D eigenvalue weighted by Crippen LogP contribution is 2.68. The van der Waals surface area contributed by atoms with Gasteiger partial charge in [-0.15, -0.1) is 0 Å². The number of para-hydroxylation sites is 1. The molecule has 0 radical (unpaired) electrons. The number of likely N-dealkylation sites (N-methyl/N-ethyl adjacent to an activating group) is 1. The minimum Gasteiger partial charge on any atom is -0.496 e. The first kappa shape index (κ1) is 47.7. The van der Waals surface area contributed by atoms with Crippen molar-refractivity contribution in [2.45, 2.75) is 99.8 Å². The fourth-order valence-corrected chi connectivity index (χ4v) is 13.1. The molecular weight excluding hydrogens is 869 g/mol. The minimum absolute atomic E-state index is 0.0284. The Morgan fingerprint density at radius 3 is 2.22 bits per heavy atom. The molecular formula is C49H60N4O14. The molecule has 67 heavy (non-hydrogen) atoms. The van der Waals surface area contributed by atoms with Crippen LogP contribution in [0.25, 0.3) is 10.9 Å². The first-order valence-corrected chi connectivity index (χ1v) is 22.6. The number of carboxylic acids is 2. The summed E-state index contributed by atoms with van der Waals surface area (Å²) in [7, 11) is 6.22. The number of ether oxygens (including phenoxy) is 4. The lowest BCUT2D eigenvalue weighted by atomic mass is 9.47. The van der Waals surface area contributed by atoms with Crippen LogP contribution in [0, 0.1) is 11.3 Å². The third kappa shape index (κ3) is 6.88. The van der Waals surface area contributed by atoms with E-state index in [-0.39, 0.29) is 17.9 Å². The third-order valence-electron chi connectivity index (χ3n) is 15.6. The molecule has 18 nitrogen and oxygen atoms in total. The Labute approximate surface area is 387 Å². The fraction of sp³-hybridized carbons (Fsp3) is 0.531. The number of nitrogens with zero attached hydrogens (tertiary/aromatic N) is 3. The third-order valence-corrected chi connectivity index (χ3v) is 15.6. The molecule has 2 aromatic carbocycles. The number of anilines is 1. The van der Waals surface area contributed by atoms with Crippen LogP contribution >= 0.6 is 0 Å². The van der Waals surface area contributed by atoms with Crippen molar-refractivity contribution in [1.29, 1.82) is 0 Å². The number of hydrogen-bond donors (Lipinski definition) is 6. The van der Waals surface area contributed by atoms with Gasteiger partial charge in [0, 0.05) is 90.9 Å². The second kappa shape index (κ2) is 17.4. The van der Waals surface area contributed by atoms with Gasteiger partial charge < -0.3 is 54.4 Å². The Bertz CT molecular complexity index is 2560. The minimum atomic E-state index is -2.27. The van der Waals surface area contributed by atoms with Gasteiger partial charge in [0.2, 0.25) is 5.60 Å². The van der Waals surface area contributed by atoms with Gasteiger partial charge in [-0.3, -0.25) is 19.4 Å². The average molecular weight is 929 g/mol. The Morgan fingerprint density at radius 2 is 1.61 bits per heavy atom. The molecule has 9 rings (SSSR count). The van der Waals surface area contributed by atoms with Crippen LogP contribution in [-0.2, 0) is 55.6 Å². The van der Waals surface area contributed by atoms with Crippen LogP contribution in [0.1, 0.15) is 68.8 Å². The number of methoxy groups -OCH3 is 3. The quantitative estimate of drug-likeness (QED) is 0.0972.